The first kappa shape index (κ1) is 30.0. The number of carbonyl (C=O) groups excluding carboxylic acids is 3. The van der Waals surface area contributed by atoms with Crippen LogP contribution in [0.25, 0.3) is 10.8 Å². The number of fused-ring (bicyclic) bond motifs is 2. The molecule has 0 aromatic heterocycles. The maximum Gasteiger partial charge on any atom is 0.312 e. The molecule has 0 aliphatic carbocycles. The van der Waals surface area contributed by atoms with E-state index in [0.29, 0.717) is 50.8 Å². The minimum absolute atomic E-state index is 0.0686. The molecule has 1 spiro atoms. The van der Waals surface area contributed by atoms with Crippen molar-refractivity contribution in [3.05, 3.63) is 67.8 Å². The molecule has 3 fully saturated rings. The zero-order chi connectivity index (χ0) is 29.9. The van der Waals surface area contributed by atoms with Crippen molar-refractivity contribution in [3.8, 4) is 0 Å². The van der Waals surface area contributed by atoms with E-state index < -0.39 is 35.0 Å². The molecule has 3 heterocycles. The van der Waals surface area contributed by atoms with E-state index in [4.69, 9.17) is 9.47 Å². The summed E-state index contributed by atoms with van der Waals surface area (Å²) < 4.78 is 12.4. The number of hydrogen-bond donors (Lipinski definition) is 1. The topological polar surface area (TPSA) is 96.4 Å². The second kappa shape index (κ2) is 12.4. The van der Waals surface area contributed by atoms with Crippen molar-refractivity contribution in [1.82, 2.24) is 4.90 Å². The van der Waals surface area contributed by atoms with Crippen LogP contribution >= 0.6 is 0 Å². The molecule has 2 aromatic carbocycles. The summed E-state index contributed by atoms with van der Waals surface area (Å²) in [6.07, 6.45) is 7.86. The van der Waals surface area contributed by atoms with E-state index >= 15 is 0 Å². The lowest BCUT2D eigenvalue weighted by molar-refractivity contribution is -0.159. The van der Waals surface area contributed by atoms with Gasteiger partial charge in [-0.2, -0.15) is 0 Å². The average Bonchev–Trinajstić information content (AvgIpc) is 3.56. The van der Waals surface area contributed by atoms with Gasteiger partial charge in [0.2, 0.25) is 5.91 Å². The van der Waals surface area contributed by atoms with E-state index in [2.05, 4.69) is 13.2 Å². The van der Waals surface area contributed by atoms with Crippen molar-refractivity contribution < 1.29 is 29.0 Å². The Bertz CT molecular complexity index is 1360. The third-order valence-electron chi connectivity index (χ3n) is 9.24. The van der Waals surface area contributed by atoms with Gasteiger partial charge in [0.25, 0.3) is 5.91 Å². The molecule has 3 aliphatic heterocycles. The predicted molar refractivity (Wildman–Crippen MR) is 162 cm³/mol. The Balaban J connectivity index is 1.51. The molecule has 1 N–H and O–H groups in total. The van der Waals surface area contributed by atoms with E-state index in [9.17, 15) is 19.5 Å². The Morgan fingerprint density at radius 1 is 1.10 bits per heavy atom. The van der Waals surface area contributed by atoms with Crippen LogP contribution in [0.5, 0.6) is 0 Å². The van der Waals surface area contributed by atoms with Gasteiger partial charge in [-0.05, 0) is 74.8 Å². The molecule has 5 rings (SSSR count). The van der Waals surface area contributed by atoms with E-state index in [1.54, 1.807) is 22.0 Å². The highest BCUT2D eigenvalue weighted by Crippen LogP contribution is 2.63. The van der Waals surface area contributed by atoms with Gasteiger partial charge in [-0.25, -0.2) is 0 Å². The fraction of sp³-hybridized carbons (Fsp3) is 0.500. The van der Waals surface area contributed by atoms with Gasteiger partial charge < -0.3 is 24.4 Å². The predicted octanol–water partition coefficient (Wildman–Crippen LogP) is 4.80. The van der Waals surface area contributed by atoms with E-state index in [1.165, 1.54) is 0 Å². The first-order valence-corrected chi connectivity index (χ1v) is 15.1. The Labute approximate surface area is 248 Å². The van der Waals surface area contributed by atoms with Crippen LogP contribution in [-0.2, 0) is 23.9 Å². The fourth-order valence-electron chi connectivity index (χ4n) is 7.31. The number of nitrogens with zero attached hydrogens (tertiary/aromatic N) is 2. The van der Waals surface area contributed by atoms with Crippen LogP contribution in [0.1, 0.15) is 51.9 Å². The molecule has 8 nitrogen and oxygen atoms in total. The van der Waals surface area contributed by atoms with Gasteiger partial charge in [0.05, 0.1) is 18.1 Å². The van der Waals surface area contributed by atoms with Crippen molar-refractivity contribution in [3.63, 3.8) is 0 Å². The van der Waals surface area contributed by atoms with Crippen LogP contribution in [0.3, 0.4) is 0 Å². The summed E-state index contributed by atoms with van der Waals surface area (Å²) in [5.41, 5.74) is -1.30. The van der Waals surface area contributed by atoms with Crippen LogP contribution in [-0.4, -0.2) is 71.3 Å². The monoisotopic (exact) mass is 574 g/mol. The van der Waals surface area contributed by atoms with Crippen molar-refractivity contribution in [2.45, 2.75) is 69.1 Å². The van der Waals surface area contributed by atoms with Crippen LogP contribution in [0.15, 0.2) is 67.8 Å². The van der Waals surface area contributed by atoms with E-state index in [1.807, 2.05) is 49.4 Å². The van der Waals surface area contributed by atoms with E-state index in [0.717, 1.165) is 17.2 Å². The van der Waals surface area contributed by atoms with Gasteiger partial charge >= 0.3 is 5.97 Å². The number of aliphatic hydroxyl groups excluding tert-OH is 1. The Hall–Kier alpha value is -3.49. The van der Waals surface area contributed by atoms with Gasteiger partial charge in [-0.3, -0.25) is 14.4 Å². The maximum atomic E-state index is 14.7. The van der Waals surface area contributed by atoms with Gasteiger partial charge in [0, 0.05) is 25.4 Å². The van der Waals surface area contributed by atoms with Crippen LogP contribution in [0.2, 0.25) is 0 Å². The number of unbranched alkanes of at least 4 members (excludes halogenated alkanes) is 3. The zero-order valence-corrected chi connectivity index (χ0v) is 24.5. The molecular formula is C34H42N2O6. The van der Waals surface area contributed by atoms with Gasteiger partial charge in [-0.15, -0.1) is 13.2 Å². The number of carbonyl (C=O) groups is 3. The highest BCUT2D eigenvalue weighted by Gasteiger charge is 2.78. The Morgan fingerprint density at radius 2 is 1.88 bits per heavy atom. The molecule has 2 bridgehead atoms. The number of esters is 1. The van der Waals surface area contributed by atoms with Crippen molar-refractivity contribution >= 4 is 34.2 Å². The molecule has 3 aliphatic rings. The Kier molecular flexibility index (Phi) is 8.85. The molecule has 2 unspecified atom stereocenters. The summed E-state index contributed by atoms with van der Waals surface area (Å²) in [4.78, 5) is 45.8. The van der Waals surface area contributed by atoms with Crippen molar-refractivity contribution in [1.29, 1.82) is 0 Å². The number of aliphatic hydroxyl groups is 1. The summed E-state index contributed by atoms with van der Waals surface area (Å²) >= 11 is 0. The standard InChI is InChI=1S/C34H42N2O6/c1-4-6-12-22-41-32(40)28-27-30(38)36(20-10-7-11-21-37)29(34(27)18-17-33(28,3)42-34)31(39)35(19-5-2)26-16-15-24-13-8-9-14-25(24)23-26/h4-5,8-9,13-16,23,27-29,37H,1-2,6-7,10-12,17-22H2,3H3/t27-,28+,29?,33-,34?/m0/s1. The number of likely N-dealkylation sites (tertiary alicyclic amines) is 1. The smallest absolute Gasteiger partial charge is 0.312 e. The summed E-state index contributed by atoms with van der Waals surface area (Å²) in [5, 5.41) is 11.4. The van der Waals surface area contributed by atoms with Crippen molar-refractivity contribution in [2.75, 3.05) is 31.2 Å². The molecule has 8 heteroatoms. The lowest BCUT2D eigenvalue weighted by atomic mass is 9.66. The highest BCUT2D eigenvalue weighted by molar-refractivity contribution is 6.05. The molecule has 3 saturated heterocycles. The number of allylic oxidation sites excluding steroid dienone is 1. The molecule has 224 valence electrons. The number of rotatable bonds is 14. The second-order valence-electron chi connectivity index (χ2n) is 11.9. The fourth-order valence-corrected chi connectivity index (χ4v) is 7.31. The number of anilines is 1. The third-order valence-corrected chi connectivity index (χ3v) is 9.24. The molecule has 5 atom stereocenters. The van der Waals surface area contributed by atoms with Gasteiger partial charge in [0.1, 0.15) is 17.6 Å². The molecular weight excluding hydrogens is 532 g/mol. The minimum atomic E-state index is -1.12. The number of benzene rings is 2. The summed E-state index contributed by atoms with van der Waals surface area (Å²) in [7, 11) is 0. The first-order valence-electron chi connectivity index (χ1n) is 15.1. The highest BCUT2D eigenvalue weighted by atomic mass is 16.6. The third kappa shape index (κ3) is 5.15. The normalized spacial score (nSPS) is 27.7. The average molecular weight is 575 g/mol. The van der Waals surface area contributed by atoms with Crippen LogP contribution < -0.4 is 4.90 Å². The molecule has 0 radical (unpaired) electrons. The minimum Gasteiger partial charge on any atom is -0.465 e. The summed E-state index contributed by atoms with van der Waals surface area (Å²) in [6.45, 7) is 10.4. The quantitative estimate of drug-likeness (QED) is 0.198. The van der Waals surface area contributed by atoms with Gasteiger partial charge in [0.15, 0.2) is 0 Å². The summed E-state index contributed by atoms with van der Waals surface area (Å²) in [5.74, 6) is -2.49. The largest absolute Gasteiger partial charge is 0.465 e. The Morgan fingerprint density at radius 3 is 2.62 bits per heavy atom. The second-order valence-corrected chi connectivity index (χ2v) is 11.9. The lowest BCUT2D eigenvalue weighted by Gasteiger charge is -2.37. The summed E-state index contributed by atoms with van der Waals surface area (Å²) in [6, 6.07) is 12.9. The van der Waals surface area contributed by atoms with E-state index in [-0.39, 0.29) is 31.6 Å². The van der Waals surface area contributed by atoms with Crippen LogP contribution in [0.4, 0.5) is 5.69 Å². The molecule has 0 saturated carbocycles. The lowest BCUT2D eigenvalue weighted by Crippen LogP contribution is -2.56. The number of amides is 2. The molecule has 2 amide bonds. The number of ether oxygens (including phenoxy) is 2. The molecule has 2 aromatic rings. The number of hydrogen-bond acceptors (Lipinski definition) is 6. The first-order chi connectivity index (χ1) is 20.3. The van der Waals surface area contributed by atoms with Crippen LogP contribution in [0, 0.1) is 11.8 Å². The SMILES string of the molecule is C=CCCCOC(=O)[C@H]1[C@H]2C(=O)N(CCCCCO)C(C(=O)N(CC=C)c3ccc4ccccc4c3)C23CC[C@]1(C)O3. The molecule has 42 heavy (non-hydrogen) atoms. The maximum absolute atomic E-state index is 14.7. The van der Waals surface area contributed by atoms with Crippen molar-refractivity contribution in [2.24, 2.45) is 11.8 Å². The van der Waals surface area contributed by atoms with Gasteiger partial charge in [-0.1, -0.05) is 42.5 Å². The zero-order valence-electron chi connectivity index (χ0n) is 24.5.